The van der Waals surface area contributed by atoms with Crippen molar-refractivity contribution < 1.29 is 19.7 Å². The number of carbonyl (C=O) groups excluding carboxylic acids is 1. The van der Waals surface area contributed by atoms with E-state index in [0.29, 0.717) is 12.8 Å². The third-order valence-electron chi connectivity index (χ3n) is 3.61. The minimum atomic E-state index is -0.988. The molecule has 0 bridgehead atoms. The van der Waals surface area contributed by atoms with Crippen LogP contribution in [-0.4, -0.2) is 35.5 Å². The molecule has 0 amide bonds. The lowest BCUT2D eigenvalue weighted by molar-refractivity contribution is -0.147. The van der Waals surface area contributed by atoms with Crippen LogP contribution in [0.15, 0.2) is 34.9 Å². The average molecular weight is 338 g/mol. The molecule has 4 heteroatoms. The molecule has 0 saturated carbocycles. The molecule has 1 atom stereocenters. The average Bonchev–Trinajstić information content (AvgIpc) is 2.52. The van der Waals surface area contributed by atoms with E-state index < -0.39 is 12.7 Å². The Morgan fingerprint density at radius 2 is 1.42 bits per heavy atom. The van der Waals surface area contributed by atoms with Crippen molar-refractivity contribution >= 4 is 5.97 Å². The van der Waals surface area contributed by atoms with Crippen molar-refractivity contribution in [3.05, 3.63) is 34.9 Å². The molecule has 1 unspecified atom stereocenters. The van der Waals surface area contributed by atoms with Crippen molar-refractivity contribution in [1.29, 1.82) is 0 Å². The van der Waals surface area contributed by atoms with Crippen LogP contribution >= 0.6 is 0 Å². The van der Waals surface area contributed by atoms with Gasteiger partial charge in [-0.15, -0.1) is 0 Å². The Kier molecular flexibility index (Phi) is 13.2. The molecule has 24 heavy (non-hydrogen) atoms. The number of aliphatic hydroxyl groups is 2. The van der Waals surface area contributed by atoms with E-state index in [1.54, 1.807) is 0 Å². The second-order valence-electron chi connectivity index (χ2n) is 6.52. The van der Waals surface area contributed by atoms with E-state index in [2.05, 4.69) is 45.9 Å². The standard InChI is InChI=1S/C20H34O4/c1-16(2)8-5-9-17(3)10-6-11-18(4)12-7-13-20(23)24-15-19(22)14-21/h8,10,12,19,21-22H,5-7,9,11,13-15H2,1-4H3/b17-10+,18-12?. The fourth-order valence-electron chi connectivity index (χ4n) is 2.09. The maximum absolute atomic E-state index is 11.4. The van der Waals surface area contributed by atoms with Gasteiger partial charge in [-0.05, 0) is 59.8 Å². The molecule has 0 saturated heterocycles. The Morgan fingerprint density at radius 1 is 0.917 bits per heavy atom. The Balaban J connectivity index is 3.90. The van der Waals surface area contributed by atoms with Crippen molar-refractivity contribution in [2.24, 2.45) is 0 Å². The van der Waals surface area contributed by atoms with E-state index in [9.17, 15) is 4.79 Å². The van der Waals surface area contributed by atoms with Gasteiger partial charge in [0, 0.05) is 6.42 Å². The lowest BCUT2D eigenvalue weighted by atomic mass is 10.1. The van der Waals surface area contributed by atoms with E-state index in [0.717, 1.165) is 25.7 Å². The normalized spacial score (nSPS) is 13.6. The first-order valence-electron chi connectivity index (χ1n) is 8.74. The minimum absolute atomic E-state index is 0.144. The zero-order chi connectivity index (χ0) is 18.4. The molecule has 0 fully saturated rings. The molecule has 0 aliphatic heterocycles. The molecular weight excluding hydrogens is 304 g/mol. The topological polar surface area (TPSA) is 66.8 Å². The van der Waals surface area contributed by atoms with E-state index in [1.807, 2.05) is 0 Å². The minimum Gasteiger partial charge on any atom is -0.463 e. The van der Waals surface area contributed by atoms with Crippen molar-refractivity contribution in [3.63, 3.8) is 0 Å². The van der Waals surface area contributed by atoms with Crippen molar-refractivity contribution in [3.8, 4) is 0 Å². The van der Waals surface area contributed by atoms with Crippen LogP contribution in [0.25, 0.3) is 0 Å². The summed E-state index contributed by atoms with van der Waals surface area (Å²) in [5.74, 6) is -0.346. The fourth-order valence-corrected chi connectivity index (χ4v) is 2.09. The van der Waals surface area contributed by atoms with Crippen LogP contribution in [0.5, 0.6) is 0 Å². The predicted octanol–water partition coefficient (Wildman–Crippen LogP) is 4.08. The first-order chi connectivity index (χ1) is 11.3. The third kappa shape index (κ3) is 14.2. The number of aliphatic hydroxyl groups excluding tert-OH is 2. The Bertz CT molecular complexity index is 443. The molecule has 2 N–H and O–H groups in total. The highest BCUT2D eigenvalue weighted by atomic mass is 16.5. The van der Waals surface area contributed by atoms with Crippen LogP contribution in [-0.2, 0) is 9.53 Å². The molecule has 4 nitrogen and oxygen atoms in total. The first-order valence-corrected chi connectivity index (χ1v) is 8.74. The molecule has 0 spiro atoms. The highest BCUT2D eigenvalue weighted by Crippen LogP contribution is 2.12. The highest BCUT2D eigenvalue weighted by molar-refractivity contribution is 5.69. The number of ether oxygens (including phenoxy) is 1. The molecular formula is C20H34O4. The summed E-state index contributed by atoms with van der Waals surface area (Å²) in [6.45, 7) is 7.96. The van der Waals surface area contributed by atoms with Gasteiger partial charge in [-0.25, -0.2) is 0 Å². The summed E-state index contributed by atoms with van der Waals surface area (Å²) in [6.07, 6.45) is 10.8. The van der Waals surface area contributed by atoms with Crippen LogP contribution in [0.1, 0.15) is 66.2 Å². The third-order valence-corrected chi connectivity index (χ3v) is 3.61. The van der Waals surface area contributed by atoms with Gasteiger partial charge in [0.1, 0.15) is 12.7 Å². The molecule has 0 aromatic carbocycles. The van der Waals surface area contributed by atoms with E-state index in [1.165, 1.54) is 16.7 Å². The Morgan fingerprint density at radius 3 is 1.92 bits per heavy atom. The van der Waals surface area contributed by atoms with Crippen molar-refractivity contribution in [2.75, 3.05) is 13.2 Å². The van der Waals surface area contributed by atoms with Crippen LogP contribution in [0.2, 0.25) is 0 Å². The number of carbonyl (C=O) groups is 1. The molecule has 0 aliphatic rings. The largest absolute Gasteiger partial charge is 0.463 e. The van der Waals surface area contributed by atoms with Crippen molar-refractivity contribution in [2.45, 2.75) is 72.3 Å². The SMILES string of the molecule is CC(C)=CCC/C(C)=C/CCC(C)=CCCC(=O)OCC(O)CO. The maximum Gasteiger partial charge on any atom is 0.306 e. The van der Waals surface area contributed by atoms with Gasteiger partial charge in [0.25, 0.3) is 0 Å². The number of hydrogen-bond acceptors (Lipinski definition) is 4. The number of rotatable bonds is 12. The summed E-state index contributed by atoms with van der Waals surface area (Å²) in [7, 11) is 0. The lowest BCUT2D eigenvalue weighted by Crippen LogP contribution is -2.21. The van der Waals surface area contributed by atoms with Gasteiger partial charge in [-0.2, -0.15) is 0 Å². The number of allylic oxidation sites excluding steroid dienone is 6. The molecule has 138 valence electrons. The predicted molar refractivity (Wildman–Crippen MR) is 98.7 cm³/mol. The smallest absolute Gasteiger partial charge is 0.306 e. The summed E-state index contributed by atoms with van der Waals surface area (Å²) in [5, 5.41) is 17.7. The number of hydrogen-bond donors (Lipinski definition) is 2. The Labute approximate surface area is 146 Å². The van der Waals surface area contributed by atoms with Gasteiger partial charge in [0.15, 0.2) is 0 Å². The summed E-state index contributed by atoms with van der Waals surface area (Å²) in [5.41, 5.74) is 4.06. The molecule has 0 aliphatic carbocycles. The van der Waals surface area contributed by atoms with E-state index in [4.69, 9.17) is 14.9 Å². The maximum atomic E-state index is 11.4. The quantitative estimate of drug-likeness (QED) is 0.415. The van der Waals surface area contributed by atoms with Gasteiger partial charge in [-0.1, -0.05) is 34.9 Å². The second kappa shape index (κ2) is 14.0. The summed E-state index contributed by atoms with van der Waals surface area (Å²) < 4.78 is 4.85. The lowest BCUT2D eigenvalue weighted by Gasteiger charge is -2.07. The van der Waals surface area contributed by atoms with Gasteiger partial charge < -0.3 is 14.9 Å². The summed E-state index contributed by atoms with van der Waals surface area (Å²) >= 11 is 0. The molecule has 0 aromatic rings. The summed E-state index contributed by atoms with van der Waals surface area (Å²) in [6, 6.07) is 0. The molecule has 0 radical (unpaired) electrons. The van der Waals surface area contributed by atoms with Gasteiger partial charge in [0.2, 0.25) is 0 Å². The second-order valence-corrected chi connectivity index (χ2v) is 6.52. The fraction of sp³-hybridized carbons (Fsp3) is 0.650. The van der Waals surface area contributed by atoms with E-state index >= 15 is 0 Å². The van der Waals surface area contributed by atoms with Crippen LogP contribution in [0.3, 0.4) is 0 Å². The Hall–Kier alpha value is -1.39. The highest BCUT2D eigenvalue weighted by Gasteiger charge is 2.06. The zero-order valence-corrected chi connectivity index (χ0v) is 15.7. The molecule has 0 heterocycles. The van der Waals surface area contributed by atoms with Crippen LogP contribution in [0.4, 0.5) is 0 Å². The molecule has 0 rings (SSSR count). The van der Waals surface area contributed by atoms with Crippen molar-refractivity contribution in [1.82, 2.24) is 0 Å². The van der Waals surface area contributed by atoms with Gasteiger partial charge in [0.05, 0.1) is 6.61 Å². The molecule has 0 aromatic heterocycles. The van der Waals surface area contributed by atoms with Crippen LogP contribution in [0, 0.1) is 0 Å². The van der Waals surface area contributed by atoms with Gasteiger partial charge in [-0.3, -0.25) is 4.79 Å². The zero-order valence-electron chi connectivity index (χ0n) is 15.7. The van der Waals surface area contributed by atoms with Gasteiger partial charge >= 0.3 is 5.97 Å². The monoisotopic (exact) mass is 338 g/mol. The van der Waals surface area contributed by atoms with E-state index in [-0.39, 0.29) is 12.6 Å². The van der Waals surface area contributed by atoms with Crippen LogP contribution < -0.4 is 0 Å². The first kappa shape index (κ1) is 22.6. The summed E-state index contributed by atoms with van der Waals surface area (Å²) in [4.78, 5) is 11.4. The number of esters is 1.